The molecule has 0 heterocycles. The van der Waals surface area contributed by atoms with Crippen molar-refractivity contribution in [3.05, 3.63) is 46.6 Å². The lowest BCUT2D eigenvalue weighted by Gasteiger charge is -2.35. The Labute approximate surface area is 135 Å². The topological polar surface area (TPSA) is 40.5 Å². The number of rotatable bonds is 6. The molecule has 2 heteroatoms. The van der Waals surface area contributed by atoms with Crippen molar-refractivity contribution < 1.29 is 10.2 Å². The first-order valence-corrected chi connectivity index (χ1v) is 8.26. The summed E-state index contributed by atoms with van der Waals surface area (Å²) in [6, 6.07) is 0. The van der Waals surface area contributed by atoms with Crippen LogP contribution in [0.15, 0.2) is 46.6 Å². The third-order valence-corrected chi connectivity index (χ3v) is 4.43. The van der Waals surface area contributed by atoms with E-state index in [1.807, 2.05) is 6.08 Å². The SMILES string of the molecule is CC1=C(/C=C/C(C)=C/CC/C(C)=C/CO)C(C)(C)CC(O)C1. The van der Waals surface area contributed by atoms with Gasteiger partial charge in [0.15, 0.2) is 0 Å². The van der Waals surface area contributed by atoms with Gasteiger partial charge in [-0.15, -0.1) is 0 Å². The molecule has 0 aromatic rings. The van der Waals surface area contributed by atoms with Crippen LogP contribution in [0.3, 0.4) is 0 Å². The number of hydrogen-bond donors (Lipinski definition) is 2. The van der Waals surface area contributed by atoms with Crippen LogP contribution in [0, 0.1) is 5.41 Å². The van der Waals surface area contributed by atoms with Crippen molar-refractivity contribution in [2.75, 3.05) is 6.61 Å². The van der Waals surface area contributed by atoms with E-state index in [4.69, 9.17) is 5.11 Å². The van der Waals surface area contributed by atoms with E-state index < -0.39 is 0 Å². The molecule has 1 unspecified atom stereocenters. The van der Waals surface area contributed by atoms with Gasteiger partial charge in [-0.1, -0.05) is 54.9 Å². The fraction of sp³-hybridized carbons (Fsp3) is 0.600. The van der Waals surface area contributed by atoms with Gasteiger partial charge in [0.1, 0.15) is 0 Å². The van der Waals surface area contributed by atoms with Crippen LogP contribution in [0.4, 0.5) is 0 Å². The van der Waals surface area contributed by atoms with Crippen LogP contribution in [0.2, 0.25) is 0 Å². The first-order valence-electron chi connectivity index (χ1n) is 8.26. The van der Waals surface area contributed by atoms with Crippen LogP contribution < -0.4 is 0 Å². The van der Waals surface area contributed by atoms with Gasteiger partial charge in [-0.3, -0.25) is 0 Å². The Morgan fingerprint density at radius 1 is 1.27 bits per heavy atom. The third-order valence-electron chi connectivity index (χ3n) is 4.43. The van der Waals surface area contributed by atoms with Gasteiger partial charge in [-0.05, 0) is 57.4 Å². The van der Waals surface area contributed by atoms with Crippen molar-refractivity contribution in [3.63, 3.8) is 0 Å². The highest BCUT2D eigenvalue weighted by Crippen LogP contribution is 2.41. The number of aliphatic hydroxyl groups excluding tert-OH is 2. The molecule has 0 aromatic carbocycles. The Morgan fingerprint density at radius 3 is 2.55 bits per heavy atom. The Hall–Kier alpha value is -1.12. The molecule has 0 spiro atoms. The maximum atomic E-state index is 9.93. The maximum Gasteiger partial charge on any atom is 0.0614 e. The monoisotopic (exact) mass is 304 g/mol. The number of aliphatic hydroxyl groups is 2. The molecule has 0 bridgehead atoms. The molecule has 1 aliphatic rings. The highest BCUT2D eigenvalue weighted by molar-refractivity contribution is 5.36. The molecule has 0 saturated carbocycles. The van der Waals surface area contributed by atoms with Crippen LogP contribution in [0.25, 0.3) is 0 Å². The minimum absolute atomic E-state index is 0.0407. The van der Waals surface area contributed by atoms with E-state index in [1.165, 1.54) is 22.3 Å². The van der Waals surface area contributed by atoms with Gasteiger partial charge in [0.25, 0.3) is 0 Å². The van der Waals surface area contributed by atoms with Gasteiger partial charge in [-0.25, -0.2) is 0 Å². The number of allylic oxidation sites excluding steroid dienone is 6. The fourth-order valence-electron chi connectivity index (χ4n) is 3.25. The average molecular weight is 304 g/mol. The third kappa shape index (κ3) is 5.94. The highest BCUT2D eigenvalue weighted by atomic mass is 16.3. The zero-order chi connectivity index (χ0) is 16.8. The van der Waals surface area contributed by atoms with E-state index in [9.17, 15) is 5.11 Å². The summed E-state index contributed by atoms with van der Waals surface area (Å²) in [5, 5.41) is 18.8. The molecule has 124 valence electrons. The summed E-state index contributed by atoms with van der Waals surface area (Å²) < 4.78 is 0. The minimum Gasteiger partial charge on any atom is -0.393 e. The van der Waals surface area contributed by atoms with Gasteiger partial charge < -0.3 is 10.2 Å². The molecule has 0 aliphatic heterocycles. The van der Waals surface area contributed by atoms with E-state index in [-0.39, 0.29) is 18.1 Å². The molecule has 1 atom stereocenters. The van der Waals surface area contributed by atoms with E-state index >= 15 is 0 Å². The van der Waals surface area contributed by atoms with Gasteiger partial charge in [0, 0.05) is 0 Å². The van der Waals surface area contributed by atoms with Gasteiger partial charge in [-0.2, -0.15) is 0 Å². The lowest BCUT2D eigenvalue weighted by atomic mass is 9.71. The molecule has 1 aliphatic carbocycles. The summed E-state index contributed by atoms with van der Waals surface area (Å²) in [6.07, 6.45) is 11.9. The van der Waals surface area contributed by atoms with E-state index in [2.05, 4.69) is 52.8 Å². The summed E-state index contributed by atoms with van der Waals surface area (Å²) in [4.78, 5) is 0. The molecule has 0 saturated heterocycles. The van der Waals surface area contributed by atoms with Crippen molar-refractivity contribution in [1.82, 2.24) is 0 Å². The van der Waals surface area contributed by atoms with Crippen molar-refractivity contribution >= 4 is 0 Å². The normalized spacial score (nSPS) is 23.5. The summed E-state index contributed by atoms with van der Waals surface area (Å²) in [5.74, 6) is 0. The van der Waals surface area contributed by atoms with Gasteiger partial charge in [0.2, 0.25) is 0 Å². The van der Waals surface area contributed by atoms with E-state index in [0.717, 1.165) is 25.7 Å². The molecule has 0 aromatic heterocycles. The maximum absolute atomic E-state index is 9.93. The lowest BCUT2D eigenvalue weighted by Crippen LogP contribution is -2.28. The standard InChI is InChI=1S/C20H32O2/c1-15(7-6-8-16(2)11-12-21)9-10-19-17(3)13-18(22)14-20(19,4)5/h7,9-11,18,21-22H,6,8,12-14H2,1-5H3/b10-9+,15-7+,16-11+. The molecule has 2 nitrogen and oxygen atoms in total. The smallest absolute Gasteiger partial charge is 0.0614 e. The zero-order valence-corrected chi connectivity index (χ0v) is 14.8. The average Bonchev–Trinajstić information content (AvgIpc) is 2.36. The second-order valence-electron chi connectivity index (χ2n) is 7.19. The predicted molar refractivity (Wildman–Crippen MR) is 94.7 cm³/mol. The molecule has 0 radical (unpaired) electrons. The lowest BCUT2D eigenvalue weighted by molar-refractivity contribution is 0.116. The Balaban J connectivity index is 2.70. The first-order chi connectivity index (χ1) is 10.3. The van der Waals surface area contributed by atoms with Gasteiger partial charge >= 0.3 is 0 Å². The van der Waals surface area contributed by atoms with Crippen LogP contribution in [-0.2, 0) is 0 Å². The van der Waals surface area contributed by atoms with Crippen LogP contribution in [0.1, 0.15) is 60.3 Å². The Kier molecular flexibility index (Phi) is 7.31. The molecule has 1 rings (SSSR count). The molecule has 22 heavy (non-hydrogen) atoms. The summed E-state index contributed by atoms with van der Waals surface area (Å²) in [5.41, 5.74) is 5.20. The summed E-state index contributed by atoms with van der Waals surface area (Å²) in [7, 11) is 0. The summed E-state index contributed by atoms with van der Waals surface area (Å²) in [6.45, 7) is 10.9. The molecular formula is C20H32O2. The second-order valence-corrected chi connectivity index (χ2v) is 7.19. The molecule has 0 fully saturated rings. The van der Waals surface area contributed by atoms with E-state index in [0.29, 0.717) is 0 Å². The minimum atomic E-state index is -0.204. The first kappa shape index (κ1) is 18.9. The van der Waals surface area contributed by atoms with E-state index in [1.54, 1.807) is 0 Å². The summed E-state index contributed by atoms with van der Waals surface area (Å²) >= 11 is 0. The van der Waals surface area contributed by atoms with Crippen LogP contribution in [0.5, 0.6) is 0 Å². The van der Waals surface area contributed by atoms with Crippen molar-refractivity contribution in [3.8, 4) is 0 Å². The molecule has 0 amide bonds. The van der Waals surface area contributed by atoms with Crippen molar-refractivity contribution in [2.45, 2.75) is 66.4 Å². The van der Waals surface area contributed by atoms with Crippen molar-refractivity contribution in [1.29, 1.82) is 0 Å². The molecular weight excluding hydrogens is 272 g/mol. The zero-order valence-electron chi connectivity index (χ0n) is 14.8. The predicted octanol–water partition coefficient (Wildman–Crippen LogP) is 4.71. The quantitative estimate of drug-likeness (QED) is 0.551. The number of hydrogen-bond acceptors (Lipinski definition) is 2. The largest absolute Gasteiger partial charge is 0.393 e. The van der Waals surface area contributed by atoms with Gasteiger partial charge in [0.05, 0.1) is 12.7 Å². The van der Waals surface area contributed by atoms with Crippen molar-refractivity contribution in [2.24, 2.45) is 5.41 Å². The molecule has 2 N–H and O–H groups in total. The fourth-order valence-corrected chi connectivity index (χ4v) is 3.25. The second kappa shape index (κ2) is 8.50. The highest BCUT2D eigenvalue weighted by Gasteiger charge is 2.31. The van der Waals surface area contributed by atoms with Crippen LogP contribution in [-0.4, -0.2) is 22.9 Å². The Morgan fingerprint density at radius 2 is 1.95 bits per heavy atom. The Bertz CT molecular complexity index is 490. The van der Waals surface area contributed by atoms with Crippen LogP contribution >= 0.6 is 0 Å².